The van der Waals surface area contributed by atoms with Gasteiger partial charge >= 0.3 is 0 Å². The fraction of sp³-hybridized carbons (Fsp3) is 0.481. The zero-order valence-corrected chi connectivity index (χ0v) is 19.0. The minimum Gasteiger partial charge on any atom is -0.633 e. The molecule has 1 saturated heterocycles. The molecule has 0 radical (unpaired) electrons. The number of carbonyl (C=O) groups is 2. The minimum absolute atomic E-state index is 0.0140. The molecule has 2 saturated carbocycles. The number of hydrogen-bond donors (Lipinski definition) is 2. The first-order valence-corrected chi connectivity index (χ1v) is 12.4. The summed E-state index contributed by atoms with van der Waals surface area (Å²) in [5.74, 6) is 0.576. The Labute approximate surface area is 197 Å². The van der Waals surface area contributed by atoms with Gasteiger partial charge < -0.3 is 25.0 Å². The quantitative estimate of drug-likeness (QED) is 0.540. The number of ketones is 1. The SMILES string of the molecule is O=C(N[C@@]12CCC(=O)[C@@H]3Oc4c(O)ccc5c4C31CC[N+]([O-])(CC1CC1)[C@@H]2C5)c1ccccc1. The Hall–Kier alpha value is -2.90. The molecule has 2 unspecified atom stereocenters. The number of amides is 1. The first kappa shape index (κ1) is 20.5. The number of likely N-dealkylation sites (tertiary alicyclic amines) is 1. The Bertz CT molecular complexity index is 1230. The van der Waals surface area contributed by atoms with E-state index in [1.807, 2.05) is 24.3 Å². The number of hydrogen-bond acceptors (Lipinski definition) is 5. The van der Waals surface area contributed by atoms with E-state index in [1.54, 1.807) is 18.2 Å². The van der Waals surface area contributed by atoms with Crippen molar-refractivity contribution >= 4 is 11.7 Å². The zero-order valence-electron chi connectivity index (χ0n) is 19.0. The van der Waals surface area contributed by atoms with E-state index >= 15 is 0 Å². The number of quaternary nitrogens is 1. The molecule has 2 aromatic rings. The first-order valence-electron chi connectivity index (χ1n) is 12.4. The highest BCUT2D eigenvalue weighted by Crippen LogP contribution is 2.66. The molecule has 7 nitrogen and oxygen atoms in total. The van der Waals surface area contributed by atoms with Gasteiger partial charge in [-0.15, -0.1) is 0 Å². The summed E-state index contributed by atoms with van der Waals surface area (Å²) in [5, 5.41) is 28.6. The number of hydroxylamine groups is 3. The lowest BCUT2D eigenvalue weighted by molar-refractivity contribution is -0.920. The van der Waals surface area contributed by atoms with Gasteiger partial charge in [0, 0.05) is 36.3 Å². The van der Waals surface area contributed by atoms with Crippen LogP contribution in [0.25, 0.3) is 0 Å². The number of benzene rings is 2. The number of aromatic hydroxyl groups is 1. The highest BCUT2D eigenvalue weighted by atomic mass is 16.6. The lowest BCUT2D eigenvalue weighted by atomic mass is 9.47. The van der Waals surface area contributed by atoms with Gasteiger partial charge in [0.1, 0.15) is 11.6 Å². The molecule has 3 aliphatic carbocycles. The molecule has 1 spiro atoms. The molecule has 176 valence electrons. The van der Waals surface area contributed by atoms with E-state index in [0.29, 0.717) is 49.6 Å². The summed E-state index contributed by atoms with van der Waals surface area (Å²) in [6.45, 7) is 0.954. The number of rotatable bonds is 4. The Morgan fingerprint density at radius 3 is 2.74 bits per heavy atom. The Kier molecular flexibility index (Phi) is 3.98. The molecule has 2 heterocycles. The summed E-state index contributed by atoms with van der Waals surface area (Å²) >= 11 is 0. The van der Waals surface area contributed by atoms with Crippen LogP contribution in [0.4, 0.5) is 0 Å². The van der Waals surface area contributed by atoms with Crippen molar-refractivity contribution in [2.24, 2.45) is 5.92 Å². The van der Waals surface area contributed by atoms with Crippen LogP contribution in [0.1, 0.15) is 53.6 Å². The molecule has 2 aromatic carbocycles. The van der Waals surface area contributed by atoms with Crippen molar-refractivity contribution in [2.45, 2.75) is 61.6 Å². The maximum absolute atomic E-state index is 14.6. The normalized spacial score (nSPS) is 37.0. The highest BCUT2D eigenvalue weighted by Gasteiger charge is 2.76. The molecule has 7 rings (SSSR count). The van der Waals surface area contributed by atoms with Gasteiger partial charge in [0.05, 0.1) is 18.5 Å². The van der Waals surface area contributed by atoms with E-state index in [0.717, 1.165) is 24.0 Å². The van der Waals surface area contributed by atoms with E-state index < -0.39 is 23.1 Å². The van der Waals surface area contributed by atoms with Crippen LogP contribution >= 0.6 is 0 Å². The molecule has 3 fully saturated rings. The molecular weight excluding hydrogens is 432 g/mol. The van der Waals surface area contributed by atoms with Crippen molar-refractivity contribution in [3.8, 4) is 11.5 Å². The van der Waals surface area contributed by atoms with Gasteiger partial charge in [-0.2, -0.15) is 0 Å². The smallest absolute Gasteiger partial charge is 0.251 e. The zero-order chi connectivity index (χ0) is 23.3. The molecule has 34 heavy (non-hydrogen) atoms. The van der Waals surface area contributed by atoms with Crippen molar-refractivity contribution in [1.82, 2.24) is 5.32 Å². The molecule has 0 aromatic heterocycles. The molecule has 2 N–H and O–H groups in total. The van der Waals surface area contributed by atoms with Crippen LogP contribution in [-0.4, -0.2) is 52.2 Å². The molecule has 7 heteroatoms. The number of carbonyl (C=O) groups excluding carboxylic acids is 2. The fourth-order valence-electron chi connectivity index (χ4n) is 7.71. The van der Waals surface area contributed by atoms with Gasteiger partial charge in [0.15, 0.2) is 23.4 Å². The van der Waals surface area contributed by atoms with Crippen LogP contribution < -0.4 is 10.1 Å². The van der Waals surface area contributed by atoms with Gasteiger partial charge in [-0.1, -0.05) is 24.3 Å². The Morgan fingerprint density at radius 1 is 1.18 bits per heavy atom. The summed E-state index contributed by atoms with van der Waals surface area (Å²) < 4.78 is 5.90. The Balaban J connectivity index is 1.45. The number of nitrogens with one attached hydrogen (secondary N) is 1. The lowest BCUT2D eigenvalue weighted by Gasteiger charge is -2.69. The largest absolute Gasteiger partial charge is 0.633 e. The number of phenols is 1. The Morgan fingerprint density at radius 2 is 1.97 bits per heavy atom. The second-order valence-electron chi connectivity index (χ2n) is 10.9. The third-order valence-corrected chi connectivity index (χ3v) is 9.28. The fourth-order valence-corrected chi connectivity index (χ4v) is 7.71. The summed E-state index contributed by atoms with van der Waals surface area (Å²) in [7, 11) is 0. The summed E-state index contributed by atoms with van der Waals surface area (Å²) in [5.41, 5.74) is 0.585. The van der Waals surface area contributed by atoms with Gasteiger partial charge in [0.25, 0.3) is 5.91 Å². The predicted molar refractivity (Wildman–Crippen MR) is 123 cm³/mol. The van der Waals surface area contributed by atoms with Crippen LogP contribution in [0.15, 0.2) is 42.5 Å². The van der Waals surface area contributed by atoms with Crippen LogP contribution in [-0.2, 0) is 16.6 Å². The minimum atomic E-state index is -0.917. The first-order chi connectivity index (χ1) is 16.4. The van der Waals surface area contributed by atoms with Crippen LogP contribution in [0.5, 0.6) is 11.5 Å². The van der Waals surface area contributed by atoms with E-state index in [4.69, 9.17) is 4.74 Å². The summed E-state index contributed by atoms with van der Waals surface area (Å²) in [6.07, 6.45) is 2.98. The monoisotopic (exact) mass is 460 g/mol. The van der Waals surface area contributed by atoms with Gasteiger partial charge in [0.2, 0.25) is 0 Å². The average Bonchev–Trinajstić information content (AvgIpc) is 3.56. The summed E-state index contributed by atoms with van der Waals surface area (Å²) in [4.78, 5) is 26.9. The second-order valence-corrected chi connectivity index (χ2v) is 10.9. The number of phenolic OH excluding ortho intramolecular Hbond substituents is 1. The molecule has 1 amide bonds. The number of ether oxygens (including phenoxy) is 1. The van der Waals surface area contributed by atoms with Crippen LogP contribution in [0.3, 0.4) is 0 Å². The number of nitrogens with zero attached hydrogens (tertiary/aromatic N) is 1. The number of piperidine rings is 1. The van der Waals surface area contributed by atoms with Crippen molar-refractivity contribution in [1.29, 1.82) is 0 Å². The molecule has 5 aliphatic rings. The van der Waals surface area contributed by atoms with E-state index in [9.17, 15) is 19.9 Å². The molecule has 5 atom stereocenters. The summed E-state index contributed by atoms with van der Waals surface area (Å²) in [6, 6.07) is 12.1. The van der Waals surface area contributed by atoms with Crippen LogP contribution in [0.2, 0.25) is 0 Å². The predicted octanol–water partition coefficient (Wildman–Crippen LogP) is 2.98. The maximum atomic E-state index is 14.6. The molecule has 2 aliphatic heterocycles. The maximum Gasteiger partial charge on any atom is 0.251 e. The van der Waals surface area contributed by atoms with Crippen molar-refractivity contribution in [2.75, 3.05) is 13.1 Å². The average molecular weight is 461 g/mol. The van der Waals surface area contributed by atoms with Gasteiger partial charge in [-0.05, 0) is 43.0 Å². The van der Waals surface area contributed by atoms with Crippen molar-refractivity contribution in [3.05, 3.63) is 64.4 Å². The standard InChI is InChI=1S/C27H28N2O5/c30-19-9-8-18-14-21-27(28-25(32)17-4-2-1-3-5-17)11-10-20(31)24-26(27,22(18)23(19)34-24)12-13-29(21,33)15-16-6-7-16/h1-5,8-9,16,21,24,30H,6-7,10-15H2,(H,28,32)/t21-,24+,26?,27-,29?/m1/s1. The third-order valence-electron chi connectivity index (χ3n) is 9.28. The van der Waals surface area contributed by atoms with Gasteiger partial charge in [-0.3, -0.25) is 9.59 Å². The highest BCUT2D eigenvalue weighted by molar-refractivity contribution is 5.96. The molecular formula is C27H28N2O5. The van der Waals surface area contributed by atoms with E-state index in [2.05, 4.69) is 5.32 Å². The third kappa shape index (κ3) is 2.44. The van der Waals surface area contributed by atoms with E-state index in [1.165, 1.54) is 0 Å². The number of Topliss-reactive ketones (excluding diaryl/α,β-unsaturated/α-hetero) is 1. The molecule has 2 bridgehead atoms. The van der Waals surface area contributed by atoms with Crippen molar-refractivity contribution in [3.63, 3.8) is 0 Å². The lowest BCUT2D eigenvalue weighted by Crippen LogP contribution is -2.85. The van der Waals surface area contributed by atoms with E-state index in [-0.39, 0.29) is 28.5 Å². The second kappa shape index (κ2) is 6.61. The van der Waals surface area contributed by atoms with Crippen LogP contribution in [0, 0.1) is 11.1 Å². The van der Waals surface area contributed by atoms with Gasteiger partial charge in [-0.25, -0.2) is 0 Å². The van der Waals surface area contributed by atoms with Crippen molar-refractivity contribution < 1.29 is 24.1 Å². The topological polar surface area (TPSA) is 98.7 Å².